The molecule has 0 spiro atoms. The van der Waals surface area contributed by atoms with E-state index in [1.165, 1.54) is 19.3 Å². The first-order valence-electron chi connectivity index (χ1n) is 7.51. The van der Waals surface area contributed by atoms with Gasteiger partial charge in [-0.25, -0.2) is 15.8 Å². The average molecular weight is 277 g/mol. The van der Waals surface area contributed by atoms with Crippen LogP contribution >= 0.6 is 0 Å². The van der Waals surface area contributed by atoms with E-state index in [1.54, 1.807) is 0 Å². The molecule has 1 aromatic heterocycles. The number of rotatable bonds is 2. The molecule has 1 aliphatic rings. The molecule has 3 N–H and O–H groups in total. The summed E-state index contributed by atoms with van der Waals surface area (Å²) in [4.78, 5) is 11.6. The van der Waals surface area contributed by atoms with Crippen molar-refractivity contribution in [2.45, 2.75) is 52.4 Å². The van der Waals surface area contributed by atoms with E-state index in [4.69, 9.17) is 10.8 Å². The molecule has 0 saturated carbocycles. The monoisotopic (exact) mass is 277 g/mol. The van der Waals surface area contributed by atoms with Crippen LogP contribution in [0.1, 0.15) is 52.8 Å². The van der Waals surface area contributed by atoms with Crippen LogP contribution in [-0.2, 0) is 5.41 Å². The quantitative estimate of drug-likeness (QED) is 0.642. The third-order valence-electron chi connectivity index (χ3n) is 3.87. The Balaban J connectivity index is 2.30. The molecule has 5 nitrogen and oxygen atoms in total. The molecule has 0 aromatic carbocycles. The van der Waals surface area contributed by atoms with Gasteiger partial charge in [0.15, 0.2) is 0 Å². The predicted molar refractivity (Wildman–Crippen MR) is 83.8 cm³/mol. The summed E-state index contributed by atoms with van der Waals surface area (Å²) in [5.41, 5.74) is 2.58. The van der Waals surface area contributed by atoms with Gasteiger partial charge < -0.3 is 10.3 Å². The highest BCUT2D eigenvalue weighted by molar-refractivity contribution is 5.49. The fourth-order valence-corrected chi connectivity index (χ4v) is 2.50. The van der Waals surface area contributed by atoms with Crippen molar-refractivity contribution in [1.82, 2.24) is 9.97 Å². The third-order valence-corrected chi connectivity index (χ3v) is 3.87. The molecule has 112 valence electrons. The second-order valence-electron chi connectivity index (χ2n) is 6.85. The molecule has 2 heterocycles. The zero-order chi connectivity index (χ0) is 14.8. The first-order chi connectivity index (χ1) is 9.40. The highest BCUT2D eigenvalue weighted by atomic mass is 15.3. The zero-order valence-electron chi connectivity index (χ0n) is 13.1. The number of nitrogen functional groups attached to an aromatic ring is 1. The molecule has 0 bridgehead atoms. The minimum atomic E-state index is -0.0826. The lowest BCUT2D eigenvalue weighted by atomic mass is 9.96. The maximum absolute atomic E-state index is 5.55. The molecule has 0 aliphatic carbocycles. The molecule has 1 atom stereocenters. The van der Waals surface area contributed by atoms with Gasteiger partial charge in [-0.1, -0.05) is 27.7 Å². The summed E-state index contributed by atoms with van der Waals surface area (Å²) in [7, 11) is 0. The van der Waals surface area contributed by atoms with E-state index in [9.17, 15) is 0 Å². The Morgan fingerprint density at radius 2 is 2.00 bits per heavy atom. The van der Waals surface area contributed by atoms with Crippen LogP contribution in [0.15, 0.2) is 6.07 Å². The minimum absolute atomic E-state index is 0.0826. The van der Waals surface area contributed by atoms with Gasteiger partial charge in [-0.15, -0.1) is 0 Å². The van der Waals surface area contributed by atoms with Crippen LogP contribution in [0.3, 0.4) is 0 Å². The number of hydrogen-bond donors (Lipinski definition) is 2. The molecule has 1 unspecified atom stereocenters. The summed E-state index contributed by atoms with van der Waals surface area (Å²) < 4.78 is 0. The van der Waals surface area contributed by atoms with Crippen molar-refractivity contribution in [1.29, 1.82) is 0 Å². The van der Waals surface area contributed by atoms with E-state index in [1.807, 2.05) is 6.07 Å². The standard InChI is InChI=1S/C15H27N5/c1-11-6-5-8-20(9-7-11)13-10-12(19-16)17-14(18-13)15(2,3)4/h10-11H,5-9,16H2,1-4H3,(H,17,18,19). The van der Waals surface area contributed by atoms with Crippen molar-refractivity contribution >= 4 is 11.6 Å². The van der Waals surface area contributed by atoms with E-state index in [2.05, 4.69) is 43.0 Å². The number of nitrogens with one attached hydrogen (secondary N) is 1. The fraction of sp³-hybridized carbons (Fsp3) is 0.733. The highest BCUT2D eigenvalue weighted by Gasteiger charge is 2.22. The number of hydrazine groups is 1. The van der Waals surface area contributed by atoms with Crippen molar-refractivity contribution in [2.24, 2.45) is 11.8 Å². The van der Waals surface area contributed by atoms with Gasteiger partial charge in [0.1, 0.15) is 17.5 Å². The molecular formula is C15H27N5. The highest BCUT2D eigenvalue weighted by Crippen LogP contribution is 2.26. The number of nitrogens with two attached hydrogens (primary N) is 1. The van der Waals surface area contributed by atoms with Crippen LogP contribution in [0.5, 0.6) is 0 Å². The minimum Gasteiger partial charge on any atom is -0.356 e. The van der Waals surface area contributed by atoms with Gasteiger partial charge in [-0.05, 0) is 25.2 Å². The maximum Gasteiger partial charge on any atom is 0.145 e. The summed E-state index contributed by atoms with van der Waals surface area (Å²) >= 11 is 0. The van der Waals surface area contributed by atoms with Gasteiger partial charge in [-0.2, -0.15) is 0 Å². The summed E-state index contributed by atoms with van der Waals surface area (Å²) in [6.45, 7) is 10.8. The molecule has 20 heavy (non-hydrogen) atoms. The molecule has 1 fully saturated rings. The normalized spacial score (nSPS) is 20.6. The molecule has 1 saturated heterocycles. The topological polar surface area (TPSA) is 67.1 Å². The number of aromatic nitrogens is 2. The first-order valence-corrected chi connectivity index (χ1v) is 7.51. The maximum atomic E-state index is 5.55. The number of anilines is 2. The fourth-order valence-electron chi connectivity index (χ4n) is 2.50. The molecule has 5 heteroatoms. The van der Waals surface area contributed by atoms with E-state index in [0.717, 1.165) is 30.6 Å². The van der Waals surface area contributed by atoms with Crippen molar-refractivity contribution in [3.8, 4) is 0 Å². The van der Waals surface area contributed by atoms with E-state index < -0.39 is 0 Å². The SMILES string of the molecule is CC1CCCN(c2cc(NN)nc(C(C)(C)C)n2)CC1. The van der Waals surface area contributed by atoms with Gasteiger partial charge in [0, 0.05) is 24.6 Å². The lowest BCUT2D eigenvalue weighted by Gasteiger charge is -2.25. The Kier molecular flexibility index (Phi) is 4.48. The van der Waals surface area contributed by atoms with Crippen LogP contribution in [0.4, 0.5) is 11.6 Å². The Morgan fingerprint density at radius 1 is 1.25 bits per heavy atom. The second-order valence-corrected chi connectivity index (χ2v) is 6.85. The van der Waals surface area contributed by atoms with E-state index in [0.29, 0.717) is 5.82 Å². The molecule has 0 radical (unpaired) electrons. The van der Waals surface area contributed by atoms with Crippen LogP contribution in [0.2, 0.25) is 0 Å². The Bertz CT molecular complexity index is 452. The van der Waals surface area contributed by atoms with Gasteiger partial charge in [0.05, 0.1) is 0 Å². The van der Waals surface area contributed by atoms with E-state index >= 15 is 0 Å². The van der Waals surface area contributed by atoms with Crippen LogP contribution in [-0.4, -0.2) is 23.1 Å². The molecule has 1 aromatic rings. The van der Waals surface area contributed by atoms with Crippen molar-refractivity contribution in [3.05, 3.63) is 11.9 Å². The number of nitrogens with zero attached hydrogens (tertiary/aromatic N) is 3. The molecular weight excluding hydrogens is 250 g/mol. The third kappa shape index (κ3) is 3.60. The van der Waals surface area contributed by atoms with Gasteiger partial charge in [-0.3, -0.25) is 0 Å². The predicted octanol–water partition coefficient (Wildman–Crippen LogP) is 2.69. The average Bonchev–Trinajstić information content (AvgIpc) is 2.62. The lowest BCUT2D eigenvalue weighted by molar-refractivity contribution is 0.520. The molecule has 2 rings (SSSR count). The second kappa shape index (κ2) is 5.95. The number of hydrogen-bond acceptors (Lipinski definition) is 5. The van der Waals surface area contributed by atoms with Gasteiger partial charge in [0.2, 0.25) is 0 Å². The van der Waals surface area contributed by atoms with Gasteiger partial charge >= 0.3 is 0 Å². The van der Waals surface area contributed by atoms with Crippen LogP contribution in [0, 0.1) is 5.92 Å². The van der Waals surface area contributed by atoms with E-state index in [-0.39, 0.29) is 5.41 Å². The Labute approximate surface area is 121 Å². The van der Waals surface area contributed by atoms with Gasteiger partial charge in [0.25, 0.3) is 0 Å². The van der Waals surface area contributed by atoms with Crippen LogP contribution in [0.25, 0.3) is 0 Å². The lowest BCUT2D eigenvalue weighted by Crippen LogP contribution is -2.28. The smallest absolute Gasteiger partial charge is 0.145 e. The first kappa shape index (κ1) is 15.0. The van der Waals surface area contributed by atoms with Crippen LogP contribution < -0.4 is 16.2 Å². The zero-order valence-corrected chi connectivity index (χ0v) is 13.1. The van der Waals surface area contributed by atoms with Crippen molar-refractivity contribution < 1.29 is 0 Å². The van der Waals surface area contributed by atoms with Crippen molar-refractivity contribution in [2.75, 3.05) is 23.4 Å². The van der Waals surface area contributed by atoms with Crippen molar-refractivity contribution in [3.63, 3.8) is 0 Å². The Morgan fingerprint density at radius 3 is 2.65 bits per heavy atom. The summed E-state index contributed by atoms with van der Waals surface area (Å²) in [6, 6.07) is 1.95. The molecule has 0 amide bonds. The molecule has 1 aliphatic heterocycles. The largest absolute Gasteiger partial charge is 0.356 e. The summed E-state index contributed by atoms with van der Waals surface area (Å²) in [5, 5.41) is 0. The summed E-state index contributed by atoms with van der Waals surface area (Å²) in [6.07, 6.45) is 3.75. The Hall–Kier alpha value is -1.36. The summed E-state index contributed by atoms with van der Waals surface area (Å²) in [5.74, 6) is 8.87.